The number of rotatable bonds is 6. The average Bonchev–Trinajstić information content (AvgIpc) is 3.07. The van der Waals surface area contributed by atoms with E-state index in [1.165, 1.54) is 23.1 Å². The Hall–Kier alpha value is -3.42. The number of carbonyl (C=O) groups excluding carboxylic acids is 1. The molecule has 1 saturated heterocycles. The molecular formula is C25H20ClFN2O3S. The molecule has 1 fully saturated rings. The number of para-hydroxylation sites is 1. The Bertz CT molecular complexity index is 1280. The molecule has 3 aromatic carbocycles. The molecule has 0 bridgehead atoms. The molecule has 1 N–H and O–H groups in total. The molecule has 5 nitrogen and oxygen atoms in total. The Morgan fingerprint density at radius 3 is 2.67 bits per heavy atom. The maximum Gasteiger partial charge on any atom is 0.281 e. The van der Waals surface area contributed by atoms with Crippen molar-refractivity contribution >= 4 is 46.6 Å². The van der Waals surface area contributed by atoms with Gasteiger partial charge in [-0.15, -0.1) is 0 Å². The number of thiocarbonyl (C=S) groups is 1. The standard InChI is InChI=1S/C25H20ClFN2O3S/c1-15-5-3-4-6-22(15)29-24(30)21(28-25(29)33)12-16-7-10-23(31-2)17(11-16)14-32-18-8-9-20(27)19(26)13-18/h3-13H,14H2,1-2H3,(H,28,33)/b21-12+. The first-order valence-corrected chi connectivity index (χ1v) is 10.8. The topological polar surface area (TPSA) is 50.8 Å². The minimum absolute atomic E-state index is 0.0158. The van der Waals surface area contributed by atoms with Crippen LogP contribution in [0.3, 0.4) is 0 Å². The van der Waals surface area contributed by atoms with Crippen LogP contribution >= 0.6 is 23.8 Å². The third kappa shape index (κ3) is 4.84. The van der Waals surface area contributed by atoms with Crippen molar-refractivity contribution in [2.24, 2.45) is 0 Å². The normalized spacial score (nSPS) is 14.5. The van der Waals surface area contributed by atoms with Crippen molar-refractivity contribution in [1.29, 1.82) is 0 Å². The van der Waals surface area contributed by atoms with Crippen molar-refractivity contribution in [2.75, 3.05) is 12.0 Å². The predicted molar refractivity (Wildman–Crippen MR) is 131 cm³/mol. The lowest BCUT2D eigenvalue weighted by molar-refractivity contribution is -0.113. The van der Waals surface area contributed by atoms with Crippen molar-refractivity contribution in [3.05, 3.63) is 93.9 Å². The van der Waals surface area contributed by atoms with E-state index in [9.17, 15) is 9.18 Å². The third-order valence-electron chi connectivity index (χ3n) is 5.14. The number of aryl methyl sites for hydroxylation is 1. The number of methoxy groups -OCH3 is 1. The number of benzene rings is 3. The maximum absolute atomic E-state index is 13.4. The molecule has 4 rings (SSSR count). The van der Waals surface area contributed by atoms with Crippen LogP contribution in [0.1, 0.15) is 16.7 Å². The number of amides is 1. The van der Waals surface area contributed by atoms with Crippen molar-refractivity contribution in [3.8, 4) is 11.5 Å². The van der Waals surface area contributed by atoms with Crippen molar-refractivity contribution in [2.45, 2.75) is 13.5 Å². The quantitative estimate of drug-likeness (QED) is 0.364. The summed E-state index contributed by atoms with van der Waals surface area (Å²) in [7, 11) is 1.56. The highest BCUT2D eigenvalue weighted by molar-refractivity contribution is 7.80. The second kappa shape index (κ2) is 9.60. The number of halogens is 2. The molecule has 33 heavy (non-hydrogen) atoms. The molecule has 8 heteroatoms. The van der Waals surface area contributed by atoms with Gasteiger partial charge >= 0.3 is 0 Å². The van der Waals surface area contributed by atoms with Crippen molar-refractivity contribution in [1.82, 2.24) is 5.32 Å². The summed E-state index contributed by atoms with van der Waals surface area (Å²) in [5.74, 6) is 0.303. The molecule has 0 aromatic heterocycles. The van der Waals surface area contributed by atoms with E-state index >= 15 is 0 Å². The van der Waals surface area contributed by atoms with Gasteiger partial charge in [-0.1, -0.05) is 35.9 Å². The van der Waals surface area contributed by atoms with Crippen LogP contribution < -0.4 is 19.7 Å². The fraction of sp³-hybridized carbons (Fsp3) is 0.120. The first kappa shape index (κ1) is 22.8. The molecule has 1 amide bonds. The summed E-state index contributed by atoms with van der Waals surface area (Å²) in [6, 6.07) is 17.2. The number of hydrogen-bond donors (Lipinski definition) is 1. The second-order valence-corrected chi connectivity index (χ2v) is 8.14. The van der Waals surface area contributed by atoms with Crippen LogP contribution in [0.4, 0.5) is 10.1 Å². The van der Waals surface area contributed by atoms with E-state index in [0.29, 0.717) is 22.3 Å². The largest absolute Gasteiger partial charge is 0.496 e. The monoisotopic (exact) mass is 482 g/mol. The van der Waals surface area contributed by atoms with Crippen LogP contribution in [0, 0.1) is 12.7 Å². The number of anilines is 1. The third-order valence-corrected chi connectivity index (χ3v) is 5.71. The highest BCUT2D eigenvalue weighted by Crippen LogP contribution is 2.28. The molecule has 0 radical (unpaired) electrons. The number of nitrogens with one attached hydrogen (secondary N) is 1. The molecule has 168 valence electrons. The lowest BCUT2D eigenvalue weighted by Gasteiger charge is -2.16. The molecule has 0 atom stereocenters. The lowest BCUT2D eigenvalue weighted by atomic mass is 10.1. The fourth-order valence-corrected chi connectivity index (χ4v) is 3.93. The average molecular weight is 483 g/mol. The second-order valence-electron chi connectivity index (χ2n) is 7.35. The molecule has 0 spiro atoms. The summed E-state index contributed by atoms with van der Waals surface area (Å²) in [6.45, 7) is 2.09. The van der Waals surface area contributed by atoms with Crippen molar-refractivity contribution in [3.63, 3.8) is 0 Å². The van der Waals surface area contributed by atoms with E-state index in [-0.39, 0.29) is 17.5 Å². The van der Waals surface area contributed by atoms with Gasteiger partial charge in [-0.25, -0.2) is 4.39 Å². The van der Waals surface area contributed by atoms with Gasteiger partial charge in [-0.2, -0.15) is 0 Å². The van der Waals surface area contributed by atoms with Gasteiger partial charge in [0.15, 0.2) is 5.11 Å². The Morgan fingerprint density at radius 1 is 1.15 bits per heavy atom. The molecule has 1 heterocycles. The molecule has 1 aliphatic heterocycles. The predicted octanol–water partition coefficient (Wildman–Crippen LogP) is 5.64. The van der Waals surface area contributed by atoms with Gasteiger partial charge in [-0.3, -0.25) is 9.69 Å². The van der Waals surface area contributed by atoms with E-state index < -0.39 is 5.82 Å². The summed E-state index contributed by atoms with van der Waals surface area (Å²) in [5, 5.41) is 3.31. The van der Waals surface area contributed by atoms with Gasteiger partial charge in [0.05, 0.1) is 17.8 Å². The first-order valence-electron chi connectivity index (χ1n) is 10.0. The SMILES string of the molecule is COc1ccc(/C=C2/NC(=S)N(c3ccccc3C)C2=O)cc1COc1ccc(F)c(Cl)c1. The highest BCUT2D eigenvalue weighted by atomic mass is 35.5. The van der Waals surface area contributed by atoms with E-state index in [0.717, 1.165) is 22.4 Å². The van der Waals surface area contributed by atoms with E-state index in [2.05, 4.69) is 5.32 Å². The van der Waals surface area contributed by atoms with Gasteiger partial charge in [0.25, 0.3) is 5.91 Å². The Balaban J connectivity index is 1.58. The van der Waals surface area contributed by atoms with Gasteiger partial charge in [0.2, 0.25) is 0 Å². The summed E-state index contributed by atoms with van der Waals surface area (Å²) < 4.78 is 24.6. The zero-order chi connectivity index (χ0) is 23.5. The molecule has 0 saturated carbocycles. The summed E-state index contributed by atoms with van der Waals surface area (Å²) >= 11 is 11.2. The van der Waals surface area contributed by atoms with Crippen LogP contribution in [0.25, 0.3) is 6.08 Å². The van der Waals surface area contributed by atoms with Crippen LogP contribution in [-0.4, -0.2) is 18.1 Å². The van der Waals surface area contributed by atoms with Gasteiger partial charge < -0.3 is 14.8 Å². The maximum atomic E-state index is 13.4. The zero-order valence-corrected chi connectivity index (χ0v) is 19.5. The van der Waals surface area contributed by atoms with Crippen LogP contribution in [0.2, 0.25) is 5.02 Å². The summed E-state index contributed by atoms with van der Waals surface area (Å²) in [6.07, 6.45) is 1.73. The number of hydrogen-bond acceptors (Lipinski definition) is 4. The highest BCUT2D eigenvalue weighted by Gasteiger charge is 2.32. The van der Waals surface area contributed by atoms with Crippen LogP contribution in [0.5, 0.6) is 11.5 Å². The Labute approximate surface area is 201 Å². The van der Waals surface area contributed by atoms with Crippen LogP contribution in [0.15, 0.2) is 66.4 Å². The molecule has 0 aliphatic carbocycles. The van der Waals surface area contributed by atoms with Gasteiger partial charge in [-0.05, 0) is 66.7 Å². The van der Waals surface area contributed by atoms with Gasteiger partial charge in [0.1, 0.15) is 29.6 Å². The molecule has 1 aliphatic rings. The smallest absolute Gasteiger partial charge is 0.281 e. The van der Waals surface area contributed by atoms with E-state index in [4.69, 9.17) is 33.3 Å². The lowest BCUT2D eigenvalue weighted by Crippen LogP contribution is -2.30. The Morgan fingerprint density at radius 2 is 1.94 bits per heavy atom. The number of carbonyl (C=O) groups is 1. The van der Waals surface area contributed by atoms with Crippen LogP contribution in [-0.2, 0) is 11.4 Å². The van der Waals surface area contributed by atoms with E-state index in [1.807, 2.05) is 43.3 Å². The minimum atomic E-state index is -0.512. The summed E-state index contributed by atoms with van der Waals surface area (Å²) in [5.41, 5.74) is 3.56. The Kier molecular flexibility index (Phi) is 6.62. The van der Waals surface area contributed by atoms with Crippen molar-refractivity contribution < 1.29 is 18.7 Å². The first-order chi connectivity index (χ1) is 15.9. The van der Waals surface area contributed by atoms with Gasteiger partial charge in [0, 0.05) is 11.6 Å². The number of ether oxygens (including phenoxy) is 2. The number of nitrogens with zero attached hydrogens (tertiary/aromatic N) is 1. The molecule has 0 unspecified atom stereocenters. The molecular weight excluding hydrogens is 463 g/mol. The zero-order valence-electron chi connectivity index (χ0n) is 17.9. The molecule has 3 aromatic rings. The van der Waals surface area contributed by atoms with E-state index in [1.54, 1.807) is 19.3 Å². The summed E-state index contributed by atoms with van der Waals surface area (Å²) in [4.78, 5) is 14.6. The fourth-order valence-electron chi connectivity index (χ4n) is 3.46. The minimum Gasteiger partial charge on any atom is -0.496 e.